The number of nitrogens with one attached hydrogen (secondary N) is 2. The molecule has 1 aromatic carbocycles. The van der Waals surface area contributed by atoms with E-state index in [1.165, 1.54) is 0 Å². The number of hydrogen-bond acceptors (Lipinski definition) is 5. The maximum Gasteiger partial charge on any atom is 0.408 e. The Balaban J connectivity index is 3.56. The highest BCUT2D eigenvalue weighted by Crippen LogP contribution is 2.28. The van der Waals surface area contributed by atoms with Gasteiger partial charge in [-0.1, -0.05) is 45.0 Å². The zero-order chi connectivity index (χ0) is 28.6. The lowest BCUT2D eigenvalue weighted by atomic mass is 9.95. The highest BCUT2D eigenvalue weighted by atomic mass is 32.1. The number of aryl methyl sites for hydroxylation is 1. The van der Waals surface area contributed by atoms with Crippen molar-refractivity contribution in [3.8, 4) is 0 Å². The third kappa shape index (κ3) is 11.4. The molecule has 0 saturated heterocycles. The van der Waals surface area contributed by atoms with Gasteiger partial charge in [-0.25, -0.2) is 4.79 Å². The molecule has 0 aliphatic heterocycles. The Morgan fingerprint density at radius 3 is 1.97 bits per heavy atom. The molecule has 0 aliphatic carbocycles. The molecular weight excluding hydrogens is 486 g/mol. The molecular formula is C29H49N3O4S. The Morgan fingerprint density at radius 2 is 1.54 bits per heavy atom. The van der Waals surface area contributed by atoms with Gasteiger partial charge >= 0.3 is 6.09 Å². The Morgan fingerprint density at radius 1 is 0.973 bits per heavy atom. The molecule has 7 nitrogen and oxygen atoms in total. The minimum absolute atomic E-state index is 0.0634. The molecule has 0 fully saturated rings. The second-order valence-electron chi connectivity index (χ2n) is 12.2. The lowest BCUT2D eigenvalue weighted by Crippen LogP contribution is -2.57. The summed E-state index contributed by atoms with van der Waals surface area (Å²) >= 11 is 4.37. The Hall–Kier alpha value is -2.22. The molecule has 210 valence electrons. The van der Waals surface area contributed by atoms with Crippen LogP contribution in [0.5, 0.6) is 0 Å². The summed E-state index contributed by atoms with van der Waals surface area (Å²) < 4.78 is 5.39. The van der Waals surface area contributed by atoms with E-state index in [0.717, 1.165) is 24.0 Å². The van der Waals surface area contributed by atoms with Gasteiger partial charge in [0.25, 0.3) is 0 Å². The van der Waals surface area contributed by atoms with Crippen LogP contribution < -0.4 is 10.6 Å². The van der Waals surface area contributed by atoms with E-state index in [9.17, 15) is 14.4 Å². The number of carbonyl (C=O) groups is 3. The third-order valence-corrected chi connectivity index (χ3v) is 6.16. The van der Waals surface area contributed by atoms with Crippen molar-refractivity contribution in [1.29, 1.82) is 0 Å². The van der Waals surface area contributed by atoms with E-state index in [4.69, 9.17) is 4.74 Å². The van der Waals surface area contributed by atoms with Crippen LogP contribution >= 0.6 is 12.6 Å². The van der Waals surface area contributed by atoms with Crippen LogP contribution in [0.25, 0.3) is 0 Å². The maximum atomic E-state index is 14.1. The van der Waals surface area contributed by atoms with E-state index in [0.29, 0.717) is 12.3 Å². The number of amides is 3. The van der Waals surface area contributed by atoms with Gasteiger partial charge in [-0.3, -0.25) is 9.59 Å². The monoisotopic (exact) mass is 535 g/mol. The van der Waals surface area contributed by atoms with E-state index in [1.807, 2.05) is 52.0 Å². The lowest BCUT2D eigenvalue weighted by Gasteiger charge is -2.39. The van der Waals surface area contributed by atoms with Gasteiger partial charge in [0.1, 0.15) is 17.7 Å². The molecule has 0 aliphatic rings. The zero-order valence-electron chi connectivity index (χ0n) is 24.5. The summed E-state index contributed by atoms with van der Waals surface area (Å²) in [5.74, 6) is -0.138. The molecule has 8 heteroatoms. The second kappa shape index (κ2) is 14.1. The smallest absolute Gasteiger partial charge is 0.408 e. The fourth-order valence-corrected chi connectivity index (χ4v) is 4.19. The van der Waals surface area contributed by atoms with Crippen molar-refractivity contribution in [3.05, 3.63) is 35.4 Å². The first-order valence-electron chi connectivity index (χ1n) is 13.3. The maximum absolute atomic E-state index is 14.1. The molecule has 3 amide bonds. The molecule has 2 N–H and O–H groups in total. The number of ether oxygens (including phenoxy) is 1. The highest BCUT2D eigenvalue weighted by molar-refractivity contribution is 7.80. The lowest BCUT2D eigenvalue weighted by molar-refractivity contribution is -0.145. The Bertz CT molecular complexity index is 888. The first-order valence-corrected chi connectivity index (χ1v) is 14.0. The number of hydrogen-bond donors (Lipinski definition) is 3. The van der Waals surface area contributed by atoms with Gasteiger partial charge in [-0.05, 0) is 84.8 Å². The predicted molar refractivity (Wildman–Crippen MR) is 154 cm³/mol. The molecule has 1 rings (SSSR count). The van der Waals surface area contributed by atoms with Crippen LogP contribution in [0.3, 0.4) is 0 Å². The number of rotatable bonds is 11. The van der Waals surface area contributed by atoms with Crippen LogP contribution in [0, 0.1) is 5.92 Å². The number of alkyl carbamates (subject to hydrolysis) is 1. The van der Waals surface area contributed by atoms with Gasteiger partial charge < -0.3 is 20.3 Å². The molecule has 0 aromatic heterocycles. The number of benzene rings is 1. The first kappa shape index (κ1) is 32.8. The number of nitrogens with zero attached hydrogens (tertiary/aromatic N) is 1. The summed E-state index contributed by atoms with van der Waals surface area (Å²) in [7, 11) is 0. The SMILES string of the molecule is CCc1ccc(C(C(=O)NC(C)(C)C)N(C(=O)C(CS)NC(=O)OC(C)(C)C)C(C)CCC(C)C)cc1. The van der Waals surface area contributed by atoms with Crippen molar-refractivity contribution in [2.45, 2.75) is 118 Å². The van der Waals surface area contributed by atoms with Crippen LogP contribution in [0.2, 0.25) is 0 Å². The summed E-state index contributed by atoms with van der Waals surface area (Å²) in [4.78, 5) is 42.1. The fourth-order valence-electron chi connectivity index (χ4n) is 3.94. The van der Waals surface area contributed by atoms with Crippen LogP contribution in [0.15, 0.2) is 24.3 Å². The van der Waals surface area contributed by atoms with Crippen molar-refractivity contribution in [3.63, 3.8) is 0 Å². The molecule has 3 unspecified atom stereocenters. The minimum atomic E-state index is -0.959. The highest BCUT2D eigenvalue weighted by Gasteiger charge is 2.39. The van der Waals surface area contributed by atoms with Gasteiger partial charge in [0, 0.05) is 17.3 Å². The van der Waals surface area contributed by atoms with E-state index in [2.05, 4.69) is 44.0 Å². The molecule has 0 heterocycles. The summed E-state index contributed by atoms with van der Waals surface area (Å²) in [6.07, 6.45) is 1.77. The molecule has 0 radical (unpaired) electrons. The van der Waals surface area contributed by atoms with Crippen LogP contribution in [-0.4, -0.2) is 51.8 Å². The van der Waals surface area contributed by atoms with E-state index >= 15 is 0 Å². The van der Waals surface area contributed by atoms with E-state index in [1.54, 1.807) is 25.7 Å². The second-order valence-corrected chi connectivity index (χ2v) is 12.5. The molecule has 0 saturated carbocycles. The summed E-state index contributed by atoms with van der Waals surface area (Å²) in [5.41, 5.74) is 0.657. The third-order valence-electron chi connectivity index (χ3n) is 5.79. The summed E-state index contributed by atoms with van der Waals surface area (Å²) in [6.45, 7) is 19.3. The summed E-state index contributed by atoms with van der Waals surface area (Å²) in [6, 6.07) is 5.71. The van der Waals surface area contributed by atoms with Gasteiger partial charge in [-0.15, -0.1) is 0 Å². The van der Waals surface area contributed by atoms with Crippen LogP contribution in [0.4, 0.5) is 4.79 Å². The van der Waals surface area contributed by atoms with Crippen molar-refractivity contribution in [1.82, 2.24) is 15.5 Å². The summed E-state index contributed by atoms with van der Waals surface area (Å²) in [5, 5.41) is 5.74. The van der Waals surface area contributed by atoms with Crippen LogP contribution in [-0.2, 0) is 20.7 Å². The van der Waals surface area contributed by atoms with Gasteiger partial charge in [0.15, 0.2) is 0 Å². The quantitative estimate of drug-likeness (QED) is 0.318. The van der Waals surface area contributed by atoms with E-state index in [-0.39, 0.29) is 23.6 Å². The largest absolute Gasteiger partial charge is 0.444 e. The fraction of sp³-hybridized carbons (Fsp3) is 0.690. The predicted octanol–water partition coefficient (Wildman–Crippen LogP) is 5.68. The normalized spacial score (nSPS) is 14.5. The van der Waals surface area contributed by atoms with Gasteiger partial charge in [-0.2, -0.15) is 12.6 Å². The molecule has 0 spiro atoms. The Labute approximate surface area is 229 Å². The van der Waals surface area contributed by atoms with E-state index < -0.39 is 29.3 Å². The molecule has 37 heavy (non-hydrogen) atoms. The van der Waals surface area contributed by atoms with Crippen molar-refractivity contribution >= 4 is 30.5 Å². The molecule has 1 aromatic rings. The van der Waals surface area contributed by atoms with Gasteiger partial charge in [0.2, 0.25) is 11.8 Å². The van der Waals surface area contributed by atoms with Crippen molar-refractivity contribution < 1.29 is 19.1 Å². The molecule has 3 atom stereocenters. The van der Waals surface area contributed by atoms with Gasteiger partial charge in [0.05, 0.1) is 0 Å². The first-order chi connectivity index (χ1) is 17.0. The Kier molecular flexibility index (Phi) is 12.5. The standard InChI is InChI=1S/C29H49N3O4S/c1-11-21-14-16-22(17-15-21)24(25(33)31-28(5,6)7)32(20(4)13-12-19(2)3)26(34)23(18-37)30-27(35)36-29(8,9)10/h14-17,19-20,23-24,37H,11-13,18H2,1-10H3,(H,30,35)(H,31,33). The van der Waals surface area contributed by atoms with Crippen molar-refractivity contribution in [2.24, 2.45) is 5.92 Å². The number of carbonyl (C=O) groups excluding carboxylic acids is 3. The molecule has 0 bridgehead atoms. The van der Waals surface area contributed by atoms with Crippen LogP contribution in [0.1, 0.15) is 99.2 Å². The minimum Gasteiger partial charge on any atom is -0.444 e. The average molecular weight is 536 g/mol. The topological polar surface area (TPSA) is 87.7 Å². The average Bonchev–Trinajstić information content (AvgIpc) is 2.76. The van der Waals surface area contributed by atoms with Crippen molar-refractivity contribution in [2.75, 3.05) is 5.75 Å². The number of thiol groups is 1. The zero-order valence-corrected chi connectivity index (χ0v) is 25.4.